The summed E-state index contributed by atoms with van der Waals surface area (Å²) in [5.74, 6) is 3.24. The third-order valence-corrected chi connectivity index (χ3v) is 5.14. The van der Waals surface area contributed by atoms with Gasteiger partial charge in [-0.1, -0.05) is 0 Å². The molecule has 2 fully saturated rings. The number of nitrogens with two attached hydrogens (primary N) is 1. The van der Waals surface area contributed by atoms with Gasteiger partial charge >= 0.3 is 0 Å². The van der Waals surface area contributed by atoms with Gasteiger partial charge in [-0.05, 0) is 31.9 Å². The fraction of sp³-hybridized carbons (Fsp3) is 0.526. The molecule has 2 N–H and O–H groups in total. The number of hydrogen-bond donors (Lipinski definition) is 1. The zero-order valence-corrected chi connectivity index (χ0v) is 14.6. The lowest BCUT2D eigenvalue weighted by Gasteiger charge is -2.35. The summed E-state index contributed by atoms with van der Waals surface area (Å²) in [7, 11) is 0. The van der Waals surface area contributed by atoms with Crippen LogP contribution < -0.4 is 15.4 Å². The van der Waals surface area contributed by atoms with Crippen LogP contribution in [0.1, 0.15) is 43.1 Å². The molecular formula is C19H25N5O. The number of hydrogen-bond acceptors (Lipinski definition) is 6. The van der Waals surface area contributed by atoms with Gasteiger partial charge in [0.05, 0.1) is 6.20 Å². The molecule has 6 nitrogen and oxygen atoms in total. The third-order valence-electron chi connectivity index (χ3n) is 5.14. The maximum atomic E-state index is 6.03. The van der Waals surface area contributed by atoms with E-state index in [1.54, 1.807) is 12.4 Å². The van der Waals surface area contributed by atoms with Gasteiger partial charge in [0.1, 0.15) is 23.5 Å². The summed E-state index contributed by atoms with van der Waals surface area (Å²) in [5, 5.41) is 0. The van der Waals surface area contributed by atoms with E-state index in [0.29, 0.717) is 12.0 Å². The number of piperidine rings is 1. The molecular weight excluding hydrogens is 314 g/mol. The molecule has 25 heavy (non-hydrogen) atoms. The average Bonchev–Trinajstić information content (AvgIpc) is 2.60. The second kappa shape index (κ2) is 6.96. The van der Waals surface area contributed by atoms with E-state index in [1.165, 1.54) is 0 Å². The van der Waals surface area contributed by atoms with Gasteiger partial charge in [0, 0.05) is 55.8 Å². The minimum atomic E-state index is 0.243. The van der Waals surface area contributed by atoms with Gasteiger partial charge in [0.15, 0.2) is 0 Å². The molecule has 2 aromatic heterocycles. The molecule has 0 spiro atoms. The number of rotatable bonds is 4. The van der Waals surface area contributed by atoms with Crippen LogP contribution in [-0.2, 0) is 0 Å². The van der Waals surface area contributed by atoms with Crippen LogP contribution in [-0.4, -0.2) is 40.2 Å². The highest BCUT2D eigenvalue weighted by Crippen LogP contribution is 2.36. The molecule has 1 aliphatic carbocycles. The zero-order valence-electron chi connectivity index (χ0n) is 14.6. The Labute approximate surface area is 148 Å². The maximum absolute atomic E-state index is 6.03. The molecule has 0 radical (unpaired) electrons. The molecule has 0 amide bonds. The van der Waals surface area contributed by atoms with E-state index in [4.69, 9.17) is 10.5 Å². The summed E-state index contributed by atoms with van der Waals surface area (Å²) in [6, 6.07) is 6.36. The highest BCUT2D eigenvalue weighted by Gasteiger charge is 2.30. The zero-order chi connectivity index (χ0) is 17.2. The van der Waals surface area contributed by atoms with Crippen molar-refractivity contribution >= 4 is 5.82 Å². The van der Waals surface area contributed by atoms with Crippen molar-refractivity contribution < 1.29 is 4.74 Å². The Bertz CT molecular complexity index is 709. The lowest BCUT2D eigenvalue weighted by Crippen LogP contribution is -2.39. The topological polar surface area (TPSA) is 77.2 Å². The van der Waals surface area contributed by atoms with Crippen molar-refractivity contribution in [3.05, 3.63) is 42.1 Å². The largest absolute Gasteiger partial charge is 0.489 e. The van der Waals surface area contributed by atoms with Crippen LogP contribution in [0.25, 0.3) is 0 Å². The lowest BCUT2D eigenvalue weighted by molar-refractivity contribution is 0.170. The van der Waals surface area contributed by atoms with Crippen molar-refractivity contribution in [1.82, 2.24) is 15.0 Å². The SMILES string of the molecule is Cc1nc(C2CC(N)C2)cc(N2CCC(Oc3cccnc3)CC2)n1. The first-order valence-electron chi connectivity index (χ1n) is 9.10. The lowest BCUT2D eigenvalue weighted by atomic mass is 9.78. The second-order valence-corrected chi connectivity index (χ2v) is 7.12. The summed E-state index contributed by atoms with van der Waals surface area (Å²) in [6.07, 6.45) is 7.83. The quantitative estimate of drug-likeness (QED) is 0.922. The van der Waals surface area contributed by atoms with Crippen molar-refractivity contribution in [2.75, 3.05) is 18.0 Å². The van der Waals surface area contributed by atoms with Crippen LogP contribution in [0.4, 0.5) is 5.82 Å². The van der Waals surface area contributed by atoms with Gasteiger partial charge in [-0.3, -0.25) is 4.98 Å². The van der Waals surface area contributed by atoms with Crippen LogP contribution in [0.3, 0.4) is 0 Å². The van der Waals surface area contributed by atoms with Crippen molar-refractivity contribution in [3.8, 4) is 5.75 Å². The smallest absolute Gasteiger partial charge is 0.137 e. The van der Waals surface area contributed by atoms with Gasteiger partial charge in [0.25, 0.3) is 0 Å². The number of nitrogens with zero attached hydrogens (tertiary/aromatic N) is 4. The molecule has 2 aliphatic rings. The van der Waals surface area contributed by atoms with Gasteiger partial charge in [-0.15, -0.1) is 0 Å². The summed E-state index contributed by atoms with van der Waals surface area (Å²) in [4.78, 5) is 15.7. The fourth-order valence-electron chi connectivity index (χ4n) is 3.66. The number of aromatic nitrogens is 3. The van der Waals surface area contributed by atoms with Crippen molar-refractivity contribution in [3.63, 3.8) is 0 Å². The van der Waals surface area contributed by atoms with Gasteiger partial charge < -0.3 is 15.4 Å². The highest BCUT2D eigenvalue weighted by atomic mass is 16.5. The summed E-state index contributed by atoms with van der Waals surface area (Å²) in [5.41, 5.74) is 7.08. The normalized spacial score (nSPS) is 24.0. The van der Waals surface area contributed by atoms with Crippen molar-refractivity contribution in [2.24, 2.45) is 5.73 Å². The van der Waals surface area contributed by atoms with Crippen molar-refractivity contribution in [1.29, 1.82) is 0 Å². The summed E-state index contributed by atoms with van der Waals surface area (Å²) >= 11 is 0. The van der Waals surface area contributed by atoms with E-state index in [1.807, 2.05) is 19.1 Å². The first-order chi connectivity index (χ1) is 12.2. The molecule has 3 heterocycles. The number of ether oxygens (including phenoxy) is 1. The van der Waals surface area contributed by atoms with Crippen LogP contribution in [0.5, 0.6) is 5.75 Å². The molecule has 0 unspecified atom stereocenters. The van der Waals surface area contributed by atoms with E-state index in [-0.39, 0.29) is 6.10 Å². The Morgan fingerprint density at radius 2 is 2.00 bits per heavy atom. The van der Waals surface area contributed by atoms with Crippen LogP contribution in [0.15, 0.2) is 30.6 Å². The van der Waals surface area contributed by atoms with E-state index >= 15 is 0 Å². The molecule has 1 aliphatic heterocycles. The van der Waals surface area contributed by atoms with Crippen LogP contribution >= 0.6 is 0 Å². The van der Waals surface area contributed by atoms with Crippen LogP contribution in [0, 0.1) is 6.92 Å². The first-order valence-corrected chi connectivity index (χ1v) is 9.10. The summed E-state index contributed by atoms with van der Waals surface area (Å²) < 4.78 is 6.03. The molecule has 2 aromatic rings. The minimum absolute atomic E-state index is 0.243. The Kier molecular flexibility index (Phi) is 4.53. The molecule has 0 bridgehead atoms. The van der Waals surface area contributed by atoms with Gasteiger partial charge in [0.2, 0.25) is 0 Å². The third kappa shape index (κ3) is 3.74. The van der Waals surface area contributed by atoms with E-state index < -0.39 is 0 Å². The highest BCUT2D eigenvalue weighted by molar-refractivity contribution is 5.41. The number of anilines is 1. The van der Waals surface area contributed by atoms with Crippen LogP contribution in [0.2, 0.25) is 0 Å². The first kappa shape index (κ1) is 16.3. The second-order valence-electron chi connectivity index (χ2n) is 7.12. The van der Waals surface area contributed by atoms with Gasteiger partial charge in [-0.25, -0.2) is 9.97 Å². The van der Waals surface area contributed by atoms with E-state index in [9.17, 15) is 0 Å². The summed E-state index contributed by atoms with van der Waals surface area (Å²) in [6.45, 7) is 3.87. The minimum Gasteiger partial charge on any atom is -0.489 e. The Morgan fingerprint density at radius 3 is 2.68 bits per heavy atom. The molecule has 4 rings (SSSR count). The molecule has 6 heteroatoms. The fourth-order valence-corrected chi connectivity index (χ4v) is 3.66. The molecule has 0 atom stereocenters. The number of aryl methyl sites for hydroxylation is 1. The molecule has 1 saturated carbocycles. The van der Waals surface area contributed by atoms with E-state index in [0.717, 1.165) is 61.9 Å². The van der Waals surface area contributed by atoms with Crippen molar-refractivity contribution in [2.45, 2.75) is 50.7 Å². The Morgan fingerprint density at radius 1 is 1.20 bits per heavy atom. The molecule has 1 saturated heterocycles. The standard InChI is InChI=1S/C19H25N5O/c1-13-22-18(14-9-15(20)10-14)11-19(23-13)24-7-4-16(5-8-24)25-17-3-2-6-21-12-17/h2-3,6,11-12,14-16H,4-5,7-10,20H2,1H3. The predicted molar refractivity (Wildman–Crippen MR) is 96.8 cm³/mol. The molecule has 0 aromatic carbocycles. The van der Waals surface area contributed by atoms with Gasteiger partial charge in [-0.2, -0.15) is 0 Å². The number of pyridine rings is 1. The van der Waals surface area contributed by atoms with E-state index in [2.05, 4.69) is 25.9 Å². The maximum Gasteiger partial charge on any atom is 0.137 e. The average molecular weight is 339 g/mol. The Balaban J connectivity index is 1.39. The predicted octanol–water partition coefficient (Wildman–Crippen LogP) is 2.43. The Hall–Kier alpha value is -2.21. The monoisotopic (exact) mass is 339 g/mol. The molecule has 132 valence electrons.